The second-order valence-electron chi connectivity index (χ2n) is 6.13. The Balaban J connectivity index is 1.48. The quantitative estimate of drug-likeness (QED) is 0.797. The lowest BCUT2D eigenvalue weighted by molar-refractivity contribution is 0.121. The van der Waals surface area contributed by atoms with Gasteiger partial charge in [-0.1, -0.05) is 0 Å². The van der Waals surface area contributed by atoms with Crippen molar-refractivity contribution in [2.45, 2.75) is 13.0 Å². The molecule has 0 bridgehead atoms. The van der Waals surface area contributed by atoms with E-state index in [9.17, 15) is 0 Å². The van der Waals surface area contributed by atoms with Crippen molar-refractivity contribution in [3.05, 3.63) is 54.6 Å². The summed E-state index contributed by atoms with van der Waals surface area (Å²) in [5.41, 5.74) is 3.49. The zero-order valence-corrected chi connectivity index (χ0v) is 13.1. The molecule has 1 aliphatic heterocycles. The van der Waals surface area contributed by atoms with E-state index in [1.54, 1.807) is 6.33 Å². The number of imidazole rings is 1. The van der Waals surface area contributed by atoms with Gasteiger partial charge in [0.25, 0.3) is 0 Å². The second-order valence-corrected chi connectivity index (χ2v) is 6.13. The minimum atomic E-state index is 0.453. The number of aromatic nitrogens is 4. The molecule has 1 aliphatic rings. The Hall–Kier alpha value is -2.18. The summed E-state index contributed by atoms with van der Waals surface area (Å²) in [4.78, 5) is 14.3. The summed E-state index contributed by atoms with van der Waals surface area (Å²) in [6.45, 7) is 4.44. The maximum Gasteiger partial charge on any atom is 0.0922 e. The van der Waals surface area contributed by atoms with Crippen molar-refractivity contribution in [3.8, 4) is 0 Å². The Morgan fingerprint density at radius 1 is 1.35 bits per heavy atom. The number of H-pyrrole nitrogens is 1. The van der Waals surface area contributed by atoms with Gasteiger partial charge in [0, 0.05) is 56.0 Å². The van der Waals surface area contributed by atoms with Crippen LogP contribution in [0.3, 0.4) is 0 Å². The van der Waals surface area contributed by atoms with Crippen LogP contribution in [0, 0.1) is 5.92 Å². The van der Waals surface area contributed by atoms with Crippen LogP contribution in [-0.2, 0) is 17.7 Å². The molecule has 1 fully saturated rings. The molecule has 0 aromatic carbocycles. The number of nitrogens with one attached hydrogen (secondary N) is 1. The van der Waals surface area contributed by atoms with Crippen LogP contribution in [0.1, 0.15) is 11.4 Å². The fraction of sp³-hybridized carbons (Fsp3) is 0.412. The van der Waals surface area contributed by atoms with Crippen LogP contribution in [0.2, 0.25) is 0 Å². The first-order valence-electron chi connectivity index (χ1n) is 8.06. The number of aromatic amines is 1. The van der Waals surface area contributed by atoms with Crippen LogP contribution in [-0.4, -0.2) is 50.6 Å². The third-order valence-electron chi connectivity index (χ3n) is 4.38. The monoisotopic (exact) mass is 311 g/mol. The van der Waals surface area contributed by atoms with Gasteiger partial charge in [-0.15, -0.1) is 0 Å². The van der Waals surface area contributed by atoms with E-state index in [-0.39, 0.29) is 0 Å². The molecule has 0 unspecified atom stereocenters. The molecule has 3 aromatic rings. The predicted octanol–water partition coefficient (Wildman–Crippen LogP) is 1.75. The van der Waals surface area contributed by atoms with Gasteiger partial charge in [-0.2, -0.15) is 0 Å². The van der Waals surface area contributed by atoms with Crippen LogP contribution in [0.15, 0.2) is 43.2 Å². The van der Waals surface area contributed by atoms with E-state index in [2.05, 4.69) is 42.6 Å². The third-order valence-corrected chi connectivity index (χ3v) is 4.38. The maximum absolute atomic E-state index is 5.82. The summed E-state index contributed by atoms with van der Waals surface area (Å²) >= 11 is 0. The van der Waals surface area contributed by atoms with Gasteiger partial charge < -0.3 is 14.1 Å². The van der Waals surface area contributed by atoms with Gasteiger partial charge in [-0.05, 0) is 18.6 Å². The molecule has 1 atom stereocenters. The molecule has 23 heavy (non-hydrogen) atoms. The minimum Gasteiger partial charge on any atom is -0.380 e. The fourth-order valence-electron chi connectivity index (χ4n) is 3.29. The number of hydrogen-bond acceptors (Lipinski definition) is 4. The molecule has 4 heterocycles. The van der Waals surface area contributed by atoms with Gasteiger partial charge in [0.05, 0.1) is 30.8 Å². The maximum atomic E-state index is 5.82. The van der Waals surface area contributed by atoms with E-state index >= 15 is 0 Å². The predicted molar refractivity (Wildman–Crippen MR) is 87.1 cm³/mol. The van der Waals surface area contributed by atoms with E-state index in [1.807, 2.05) is 18.6 Å². The van der Waals surface area contributed by atoms with E-state index < -0.39 is 0 Å². The zero-order chi connectivity index (χ0) is 15.5. The van der Waals surface area contributed by atoms with Gasteiger partial charge in [0.15, 0.2) is 0 Å². The van der Waals surface area contributed by atoms with Crippen molar-refractivity contribution in [1.29, 1.82) is 0 Å². The number of hydrogen-bond donors (Lipinski definition) is 1. The average molecular weight is 311 g/mol. The molecular formula is C17H21N5O. The molecule has 120 valence electrons. The van der Waals surface area contributed by atoms with Gasteiger partial charge in [-0.25, -0.2) is 4.98 Å². The second kappa shape index (κ2) is 6.52. The van der Waals surface area contributed by atoms with E-state index in [0.717, 1.165) is 50.7 Å². The Morgan fingerprint density at radius 2 is 2.35 bits per heavy atom. The van der Waals surface area contributed by atoms with Crippen molar-refractivity contribution in [2.24, 2.45) is 5.92 Å². The standard InChI is InChI=1S/C17H21N5O/c1-2-17-16(19-3-5-22(17)4-1)8-14-10-21(6-7-23-12-14)11-15-9-18-13-20-15/h1-5,9,13-14H,6-8,10-12H2,(H,18,20)/t14-/m0/s1. The van der Waals surface area contributed by atoms with Gasteiger partial charge in [0.1, 0.15) is 0 Å². The first kappa shape index (κ1) is 14.4. The topological polar surface area (TPSA) is 58.5 Å². The molecule has 6 heteroatoms. The highest BCUT2D eigenvalue weighted by Crippen LogP contribution is 2.17. The summed E-state index contributed by atoms with van der Waals surface area (Å²) < 4.78 is 7.95. The molecule has 0 spiro atoms. The van der Waals surface area contributed by atoms with Gasteiger partial charge in [-0.3, -0.25) is 9.88 Å². The number of rotatable bonds is 4. The Morgan fingerprint density at radius 3 is 3.26 bits per heavy atom. The van der Waals surface area contributed by atoms with Crippen LogP contribution < -0.4 is 0 Å². The van der Waals surface area contributed by atoms with Gasteiger partial charge >= 0.3 is 0 Å². The molecule has 3 aromatic heterocycles. The van der Waals surface area contributed by atoms with E-state index in [1.165, 1.54) is 5.52 Å². The van der Waals surface area contributed by atoms with Crippen molar-refractivity contribution < 1.29 is 4.74 Å². The van der Waals surface area contributed by atoms with E-state index in [4.69, 9.17) is 4.74 Å². The highest BCUT2D eigenvalue weighted by atomic mass is 16.5. The minimum absolute atomic E-state index is 0.453. The molecule has 0 radical (unpaired) electrons. The summed E-state index contributed by atoms with van der Waals surface area (Å²) in [6.07, 6.45) is 10.5. The number of fused-ring (bicyclic) bond motifs is 1. The molecule has 4 rings (SSSR count). The SMILES string of the molecule is c1cc2c(C[C@@H]3COCCN(Cc4cnc[nH]4)C3)nccn2c1. The van der Waals surface area contributed by atoms with Gasteiger partial charge in [0.2, 0.25) is 0 Å². The Bertz CT molecular complexity index is 751. The van der Waals surface area contributed by atoms with Crippen LogP contribution in [0.25, 0.3) is 5.52 Å². The lowest BCUT2D eigenvalue weighted by atomic mass is 10.0. The smallest absolute Gasteiger partial charge is 0.0922 e. The summed E-state index contributed by atoms with van der Waals surface area (Å²) in [6, 6.07) is 4.19. The van der Waals surface area contributed by atoms with E-state index in [0.29, 0.717) is 5.92 Å². The van der Waals surface area contributed by atoms with Crippen molar-refractivity contribution in [2.75, 3.05) is 26.3 Å². The van der Waals surface area contributed by atoms with Crippen molar-refractivity contribution >= 4 is 5.52 Å². The molecule has 0 aliphatic carbocycles. The highest BCUT2D eigenvalue weighted by Gasteiger charge is 2.21. The Kier molecular flexibility index (Phi) is 4.08. The van der Waals surface area contributed by atoms with Crippen LogP contribution >= 0.6 is 0 Å². The molecule has 0 saturated carbocycles. The largest absolute Gasteiger partial charge is 0.380 e. The highest BCUT2D eigenvalue weighted by molar-refractivity contribution is 5.52. The fourth-order valence-corrected chi connectivity index (χ4v) is 3.29. The third kappa shape index (κ3) is 3.28. The normalized spacial score (nSPS) is 19.9. The summed E-state index contributed by atoms with van der Waals surface area (Å²) in [7, 11) is 0. The first-order valence-corrected chi connectivity index (χ1v) is 8.06. The first-order chi connectivity index (χ1) is 11.4. The molecular weight excluding hydrogens is 290 g/mol. The molecule has 6 nitrogen and oxygen atoms in total. The van der Waals surface area contributed by atoms with Crippen molar-refractivity contribution in [1.82, 2.24) is 24.3 Å². The summed E-state index contributed by atoms with van der Waals surface area (Å²) in [5, 5.41) is 0. The summed E-state index contributed by atoms with van der Waals surface area (Å²) in [5.74, 6) is 0.453. The molecule has 1 N–H and O–H groups in total. The number of ether oxygens (including phenoxy) is 1. The number of nitrogens with zero attached hydrogens (tertiary/aromatic N) is 4. The Labute approximate surface area is 135 Å². The molecule has 1 saturated heterocycles. The van der Waals surface area contributed by atoms with Crippen molar-refractivity contribution in [3.63, 3.8) is 0 Å². The van der Waals surface area contributed by atoms with Crippen LogP contribution in [0.4, 0.5) is 0 Å². The molecule has 0 amide bonds. The average Bonchev–Trinajstić information content (AvgIpc) is 3.18. The lowest BCUT2D eigenvalue weighted by Gasteiger charge is -2.22. The lowest BCUT2D eigenvalue weighted by Crippen LogP contribution is -2.30. The zero-order valence-electron chi connectivity index (χ0n) is 13.1. The van der Waals surface area contributed by atoms with Crippen LogP contribution in [0.5, 0.6) is 0 Å².